The van der Waals surface area contributed by atoms with Crippen molar-refractivity contribution in [2.45, 2.75) is 50.9 Å². The molecular weight excluding hydrogens is 463 g/mol. The average molecular weight is 497 g/mol. The van der Waals surface area contributed by atoms with Crippen LogP contribution in [0.4, 0.5) is 0 Å². The highest BCUT2D eigenvalue weighted by Crippen LogP contribution is 2.51. The fourth-order valence-corrected chi connectivity index (χ4v) is 5.44. The zero-order valence-electron chi connectivity index (χ0n) is 19.9. The average Bonchev–Trinajstić information content (AvgIpc) is 2.90. The molecule has 1 aliphatic rings. The molecule has 1 heterocycles. The molecule has 35 heavy (non-hydrogen) atoms. The van der Waals surface area contributed by atoms with Crippen LogP contribution in [0.3, 0.4) is 0 Å². The summed E-state index contributed by atoms with van der Waals surface area (Å²) in [5.41, 5.74) is 3.13. The van der Waals surface area contributed by atoms with Gasteiger partial charge in [-0.15, -0.1) is 0 Å². The smallest absolute Gasteiger partial charge is 0.204 e. The van der Waals surface area contributed by atoms with Gasteiger partial charge in [0.1, 0.15) is 18.3 Å². The number of hydrogen-bond donors (Lipinski definition) is 1. The van der Waals surface area contributed by atoms with Gasteiger partial charge < -0.3 is 28.4 Å². The highest BCUT2D eigenvalue weighted by Gasteiger charge is 2.48. The largest absolute Gasteiger partial charge is 0.381 e. The van der Waals surface area contributed by atoms with Gasteiger partial charge in [-0.05, 0) is 23.6 Å². The van der Waals surface area contributed by atoms with Gasteiger partial charge in [-0.1, -0.05) is 91.0 Å². The van der Waals surface area contributed by atoms with E-state index in [1.165, 1.54) is 0 Å². The molecule has 1 aliphatic heterocycles. The minimum absolute atomic E-state index is 0.290. The Morgan fingerprint density at radius 3 is 1.71 bits per heavy atom. The second-order valence-corrected chi connectivity index (χ2v) is 9.85. The number of aliphatic hydroxyl groups is 1. The first-order valence-electron chi connectivity index (χ1n) is 11.9. The molecule has 0 spiro atoms. The summed E-state index contributed by atoms with van der Waals surface area (Å²) < 4.78 is 30.7. The van der Waals surface area contributed by atoms with Gasteiger partial charge in [-0.2, -0.15) is 0 Å². The topological polar surface area (TPSA) is 66.4 Å². The fraction of sp³-hybridized carbons (Fsp3) is 0.357. The van der Waals surface area contributed by atoms with Crippen LogP contribution in [0.2, 0.25) is 0 Å². The molecule has 3 aromatic rings. The summed E-state index contributed by atoms with van der Waals surface area (Å²) in [4.78, 5) is 0. The van der Waals surface area contributed by atoms with E-state index in [0.717, 1.165) is 16.7 Å². The number of rotatable bonds is 12. The van der Waals surface area contributed by atoms with Crippen molar-refractivity contribution in [3.63, 3.8) is 0 Å². The molecule has 4 rings (SSSR count). The Morgan fingerprint density at radius 2 is 1.20 bits per heavy atom. The number of hydrogen-bond acceptors (Lipinski definition) is 6. The molecule has 1 fully saturated rings. The van der Waals surface area contributed by atoms with Gasteiger partial charge in [0.2, 0.25) is 8.38 Å². The maximum atomic E-state index is 11.2. The van der Waals surface area contributed by atoms with Gasteiger partial charge in [0.25, 0.3) is 0 Å². The van der Waals surface area contributed by atoms with E-state index in [0.29, 0.717) is 26.4 Å². The van der Waals surface area contributed by atoms with Gasteiger partial charge in [0.15, 0.2) is 5.85 Å². The van der Waals surface area contributed by atoms with E-state index in [4.69, 9.17) is 23.3 Å². The van der Waals surface area contributed by atoms with E-state index in [9.17, 15) is 5.11 Å². The Balaban J connectivity index is 1.50. The maximum Gasteiger partial charge on any atom is 0.204 e. The van der Waals surface area contributed by atoms with Crippen molar-refractivity contribution >= 4 is 8.38 Å². The van der Waals surface area contributed by atoms with Crippen molar-refractivity contribution in [1.29, 1.82) is 0 Å². The summed E-state index contributed by atoms with van der Waals surface area (Å²) in [5, 5.41) is 11.2. The summed E-state index contributed by atoms with van der Waals surface area (Å²) in [6.45, 7) is 3.78. The molecular formula is C28H33O6P. The molecule has 0 bridgehead atoms. The Kier molecular flexibility index (Phi) is 10.2. The summed E-state index contributed by atoms with van der Waals surface area (Å²) in [6.07, 6.45) is -1.62. The van der Waals surface area contributed by atoms with Crippen LogP contribution in [-0.4, -0.2) is 42.5 Å². The van der Waals surface area contributed by atoms with Crippen molar-refractivity contribution in [1.82, 2.24) is 0 Å². The third kappa shape index (κ3) is 7.66. The molecule has 0 amide bonds. The standard InChI is InChI=1S/C28H33O6P/c1-2-33-35-28(29)27(32-20-24-16-10-5-11-17-24)26(31-19-23-14-8-4-9-15-23)25(34-35)21-30-18-22-12-6-3-7-13-22/h3-17,25-29H,2,18-21H2,1H3/t25-,26-,27+,28+,35-/m1/s1. The third-order valence-corrected chi connectivity index (χ3v) is 7.38. The third-order valence-electron chi connectivity index (χ3n) is 5.66. The van der Waals surface area contributed by atoms with Crippen molar-refractivity contribution < 1.29 is 28.4 Å². The van der Waals surface area contributed by atoms with Crippen molar-refractivity contribution in [3.05, 3.63) is 108 Å². The van der Waals surface area contributed by atoms with Gasteiger partial charge in [-0.3, -0.25) is 0 Å². The lowest BCUT2D eigenvalue weighted by molar-refractivity contribution is -0.176. The van der Waals surface area contributed by atoms with E-state index in [-0.39, 0.29) is 6.61 Å². The lowest BCUT2D eigenvalue weighted by Crippen LogP contribution is -2.53. The predicted molar refractivity (Wildman–Crippen MR) is 136 cm³/mol. The summed E-state index contributed by atoms with van der Waals surface area (Å²) in [6, 6.07) is 29.8. The van der Waals surface area contributed by atoms with E-state index < -0.39 is 32.5 Å². The fourth-order valence-electron chi connectivity index (χ4n) is 3.90. The van der Waals surface area contributed by atoms with Gasteiger partial charge in [0, 0.05) is 0 Å². The van der Waals surface area contributed by atoms with Crippen molar-refractivity contribution in [2.75, 3.05) is 13.2 Å². The first-order valence-corrected chi connectivity index (χ1v) is 13.2. The van der Waals surface area contributed by atoms with E-state index >= 15 is 0 Å². The predicted octanol–water partition coefficient (Wildman–Crippen LogP) is 5.44. The highest BCUT2D eigenvalue weighted by molar-refractivity contribution is 7.48. The van der Waals surface area contributed by atoms with Gasteiger partial charge in [0.05, 0.1) is 33.0 Å². The molecule has 1 saturated heterocycles. The second-order valence-electron chi connectivity index (χ2n) is 8.28. The minimum Gasteiger partial charge on any atom is -0.381 e. The van der Waals surface area contributed by atoms with Crippen LogP contribution in [0.5, 0.6) is 0 Å². The zero-order chi connectivity index (χ0) is 24.3. The van der Waals surface area contributed by atoms with Crippen LogP contribution >= 0.6 is 8.38 Å². The van der Waals surface area contributed by atoms with E-state index in [2.05, 4.69) is 0 Å². The minimum atomic E-state index is -1.58. The molecule has 0 radical (unpaired) electrons. The maximum absolute atomic E-state index is 11.2. The van der Waals surface area contributed by atoms with Crippen LogP contribution in [0.1, 0.15) is 23.6 Å². The van der Waals surface area contributed by atoms with Crippen LogP contribution in [0.15, 0.2) is 91.0 Å². The molecule has 0 unspecified atom stereocenters. The van der Waals surface area contributed by atoms with Crippen molar-refractivity contribution in [2.24, 2.45) is 0 Å². The normalized spacial score (nSPS) is 24.3. The number of ether oxygens (including phenoxy) is 3. The molecule has 186 valence electrons. The van der Waals surface area contributed by atoms with Crippen LogP contribution in [-0.2, 0) is 43.1 Å². The quantitative estimate of drug-likeness (QED) is 0.337. The Hall–Kier alpha value is -2.15. The lowest BCUT2D eigenvalue weighted by Gasteiger charge is -2.43. The van der Waals surface area contributed by atoms with Crippen LogP contribution < -0.4 is 0 Å². The molecule has 5 atom stereocenters. The number of benzene rings is 3. The molecule has 7 heteroatoms. The molecule has 0 aliphatic carbocycles. The molecule has 0 saturated carbocycles. The first kappa shape index (κ1) is 25.9. The lowest BCUT2D eigenvalue weighted by atomic mass is 10.1. The summed E-state index contributed by atoms with van der Waals surface area (Å²) in [5.74, 6) is -0.945. The van der Waals surface area contributed by atoms with E-state index in [1.807, 2.05) is 97.9 Å². The molecule has 3 aromatic carbocycles. The monoisotopic (exact) mass is 496 g/mol. The van der Waals surface area contributed by atoms with Crippen LogP contribution in [0.25, 0.3) is 0 Å². The highest BCUT2D eigenvalue weighted by atomic mass is 31.2. The molecule has 0 aromatic heterocycles. The van der Waals surface area contributed by atoms with Crippen LogP contribution in [0, 0.1) is 0 Å². The number of aliphatic hydroxyl groups excluding tert-OH is 1. The van der Waals surface area contributed by atoms with Gasteiger partial charge in [-0.25, -0.2) is 0 Å². The summed E-state index contributed by atoms with van der Waals surface area (Å²) >= 11 is 0. The first-order chi connectivity index (χ1) is 17.2. The Labute approximate surface area is 208 Å². The summed E-state index contributed by atoms with van der Waals surface area (Å²) in [7, 11) is -1.58. The zero-order valence-corrected chi connectivity index (χ0v) is 20.8. The Bertz CT molecular complexity index is 975. The molecule has 6 nitrogen and oxygen atoms in total. The second kappa shape index (κ2) is 13.8. The SMILES string of the molecule is CCO[P@]1O[C@H](COCc2ccccc2)[C@@H](OCc2ccccc2)[C@H](OCc2ccccc2)[C@H]1O. The van der Waals surface area contributed by atoms with Gasteiger partial charge >= 0.3 is 0 Å². The molecule has 1 N–H and O–H groups in total. The van der Waals surface area contributed by atoms with E-state index in [1.54, 1.807) is 0 Å². The van der Waals surface area contributed by atoms with Crippen molar-refractivity contribution in [3.8, 4) is 0 Å². The Morgan fingerprint density at radius 1 is 0.714 bits per heavy atom.